The second kappa shape index (κ2) is 4.52. The Labute approximate surface area is 119 Å². The third kappa shape index (κ3) is 1.93. The molecule has 0 amide bonds. The van der Waals surface area contributed by atoms with Gasteiger partial charge in [-0.05, 0) is 6.92 Å². The molecule has 114 valence electrons. The summed E-state index contributed by atoms with van der Waals surface area (Å²) in [5, 5.41) is 19.7. The number of anilines is 1. The van der Waals surface area contributed by atoms with Crippen molar-refractivity contribution in [3.63, 3.8) is 0 Å². The van der Waals surface area contributed by atoms with Gasteiger partial charge < -0.3 is 20.7 Å². The Kier molecular flexibility index (Phi) is 3.01. The van der Waals surface area contributed by atoms with Gasteiger partial charge in [-0.15, -0.1) is 0 Å². The second-order valence-corrected chi connectivity index (χ2v) is 5.56. The Morgan fingerprint density at radius 2 is 2.33 bits per heavy atom. The van der Waals surface area contributed by atoms with E-state index in [2.05, 4.69) is 15.0 Å². The zero-order chi connectivity index (χ0) is 15.4. The van der Waals surface area contributed by atoms with Crippen LogP contribution in [0, 0.1) is 5.92 Å². The molecule has 0 aromatic carbocycles. The molecule has 5 N–H and O–H groups in total. The lowest BCUT2D eigenvalue weighted by Gasteiger charge is -2.25. The van der Waals surface area contributed by atoms with E-state index in [1.54, 1.807) is 18.4 Å². The van der Waals surface area contributed by atoms with E-state index in [1.807, 2.05) is 0 Å². The first-order chi connectivity index (χ1) is 9.87. The number of rotatable bonds is 2. The fraction of sp³-hybridized carbons (Fsp3) is 0.583. The minimum atomic E-state index is -1.08. The number of nitrogens with one attached hydrogen (secondary N) is 1. The van der Waals surface area contributed by atoms with Crippen molar-refractivity contribution in [2.45, 2.75) is 31.8 Å². The highest BCUT2D eigenvalue weighted by molar-refractivity contribution is 5.70. The fourth-order valence-electron chi connectivity index (χ4n) is 2.74. The van der Waals surface area contributed by atoms with Gasteiger partial charge in [0.25, 0.3) is 5.56 Å². The van der Waals surface area contributed by atoms with Gasteiger partial charge in [-0.1, -0.05) is 6.92 Å². The van der Waals surface area contributed by atoms with E-state index in [1.165, 1.54) is 6.33 Å². The molecule has 0 bridgehead atoms. The van der Waals surface area contributed by atoms with Gasteiger partial charge in [0.1, 0.15) is 11.8 Å². The van der Waals surface area contributed by atoms with E-state index in [0.29, 0.717) is 0 Å². The zero-order valence-corrected chi connectivity index (χ0v) is 11.6. The van der Waals surface area contributed by atoms with E-state index in [9.17, 15) is 15.0 Å². The van der Waals surface area contributed by atoms with Crippen LogP contribution in [-0.4, -0.2) is 48.0 Å². The number of nitrogens with two attached hydrogens (primary N) is 1. The largest absolute Gasteiger partial charge is 0.393 e. The fourth-order valence-corrected chi connectivity index (χ4v) is 2.74. The Balaban J connectivity index is 2.12. The molecule has 4 atom stereocenters. The van der Waals surface area contributed by atoms with Crippen molar-refractivity contribution in [1.29, 1.82) is 0 Å². The normalized spacial score (nSPS) is 32.9. The van der Waals surface area contributed by atoms with Gasteiger partial charge in [0.2, 0.25) is 5.95 Å². The molecule has 1 fully saturated rings. The quantitative estimate of drug-likeness (QED) is 0.556. The molecule has 3 rings (SSSR count). The van der Waals surface area contributed by atoms with E-state index in [0.717, 1.165) is 0 Å². The summed E-state index contributed by atoms with van der Waals surface area (Å²) in [4.78, 5) is 22.2. The van der Waals surface area contributed by atoms with E-state index < -0.39 is 23.5 Å². The number of nitrogens with zero attached hydrogens (tertiary/aromatic N) is 3. The lowest BCUT2D eigenvalue weighted by atomic mass is 9.93. The number of imidazole rings is 1. The lowest BCUT2D eigenvalue weighted by molar-refractivity contribution is -0.115. The topological polar surface area (TPSA) is 139 Å². The van der Waals surface area contributed by atoms with Crippen molar-refractivity contribution >= 4 is 17.1 Å². The number of aliphatic hydroxyl groups is 2. The summed E-state index contributed by atoms with van der Waals surface area (Å²) in [7, 11) is 0. The predicted molar refractivity (Wildman–Crippen MR) is 73.3 cm³/mol. The molecule has 1 saturated heterocycles. The van der Waals surface area contributed by atoms with E-state index in [-0.39, 0.29) is 29.6 Å². The maximum Gasteiger partial charge on any atom is 0.280 e. The molecule has 0 radical (unpaired) electrons. The van der Waals surface area contributed by atoms with Crippen LogP contribution in [0.3, 0.4) is 0 Å². The minimum absolute atomic E-state index is 0.0228. The number of nitrogen functional groups attached to an aromatic ring is 1. The SMILES string of the molecule is C[C@@H]1C(n2cnc3c(=O)[nH]c(N)nc32)O[C@](C)(CO)[C@H]1O. The predicted octanol–water partition coefficient (Wildman–Crippen LogP) is -1.02. The maximum absolute atomic E-state index is 11.8. The minimum Gasteiger partial charge on any atom is -0.393 e. The average Bonchev–Trinajstić information content (AvgIpc) is 2.95. The molecule has 2 aromatic heterocycles. The summed E-state index contributed by atoms with van der Waals surface area (Å²) in [5.74, 6) is -0.341. The van der Waals surface area contributed by atoms with Gasteiger partial charge in [-0.3, -0.25) is 14.3 Å². The molecular formula is C12H17N5O4. The molecular weight excluding hydrogens is 278 g/mol. The molecule has 3 heterocycles. The summed E-state index contributed by atoms with van der Waals surface area (Å²) in [6.45, 7) is 3.10. The number of aliphatic hydroxyl groups excluding tert-OH is 2. The summed E-state index contributed by atoms with van der Waals surface area (Å²) in [6, 6.07) is 0. The molecule has 0 saturated carbocycles. The first-order valence-corrected chi connectivity index (χ1v) is 6.56. The van der Waals surface area contributed by atoms with Crippen LogP contribution in [0.5, 0.6) is 0 Å². The van der Waals surface area contributed by atoms with Crippen LogP contribution in [0.2, 0.25) is 0 Å². The van der Waals surface area contributed by atoms with Crippen molar-refractivity contribution in [2.24, 2.45) is 5.92 Å². The number of fused-ring (bicyclic) bond motifs is 1. The van der Waals surface area contributed by atoms with Crippen LogP contribution in [-0.2, 0) is 4.74 Å². The monoisotopic (exact) mass is 295 g/mol. The Morgan fingerprint density at radius 3 is 2.95 bits per heavy atom. The Bertz CT molecular complexity index is 741. The molecule has 0 spiro atoms. The second-order valence-electron chi connectivity index (χ2n) is 5.56. The van der Waals surface area contributed by atoms with Crippen molar-refractivity contribution < 1.29 is 14.9 Å². The maximum atomic E-state index is 11.8. The third-order valence-corrected chi connectivity index (χ3v) is 4.00. The first-order valence-electron chi connectivity index (χ1n) is 6.56. The number of hydrogen-bond acceptors (Lipinski definition) is 7. The van der Waals surface area contributed by atoms with Crippen molar-refractivity contribution in [2.75, 3.05) is 12.3 Å². The molecule has 21 heavy (non-hydrogen) atoms. The van der Waals surface area contributed by atoms with Crippen LogP contribution in [0.15, 0.2) is 11.1 Å². The molecule has 0 aliphatic carbocycles. The van der Waals surface area contributed by atoms with E-state index >= 15 is 0 Å². The van der Waals surface area contributed by atoms with Crippen molar-refractivity contribution in [1.82, 2.24) is 19.5 Å². The molecule has 2 aromatic rings. The Morgan fingerprint density at radius 1 is 1.62 bits per heavy atom. The van der Waals surface area contributed by atoms with Crippen molar-refractivity contribution in [3.8, 4) is 0 Å². The number of H-pyrrole nitrogens is 1. The lowest BCUT2D eigenvalue weighted by Crippen LogP contribution is -2.41. The Hall–Kier alpha value is -1.97. The summed E-state index contributed by atoms with van der Waals surface area (Å²) in [5.41, 5.74) is 4.47. The standard InChI is InChI=1S/C12H17N5O4/c1-5-7(19)12(2,3-18)21-10(5)17-4-14-6-8(17)15-11(13)16-9(6)20/h4-5,7,10,18-19H,3H2,1-2H3,(H3,13,15,16,20)/t5-,7-,10?,12+/m0/s1. The van der Waals surface area contributed by atoms with Crippen LogP contribution >= 0.6 is 0 Å². The van der Waals surface area contributed by atoms with Gasteiger partial charge in [-0.2, -0.15) is 4.98 Å². The van der Waals surface area contributed by atoms with Gasteiger partial charge in [0, 0.05) is 5.92 Å². The van der Waals surface area contributed by atoms with Gasteiger partial charge in [0.05, 0.1) is 19.0 Å². The van der Waals surface area contributed by atoms with Gasteiger partial charge >= 0.3 is 0 Å². The molecule has 1 aliphatic heterocycles. The summed E-state index contributed by atoms with van der Waals surface area (Å²) >= 11 is 0. The van der Waals surface area contributed by atoms with Crippen LogP contribution in [0.25, 0.3) is 11.2 Å². The molecule has 1 unspecified atom stereocenters. The van der Waals surface area contributed by atoms with Gasteiger partial charge in [0.15, 0.2) is 11.2 Å². The van der Waals surface area contributed by atoms with Crippen LogP contribution < -0.4 is 11.3 Å². The summed E-state index contributed by atoms with van der Waals surface area (Å²) < 4.78 is 7.34. The third-order valence-electron chi connectivity index (χ3n) is 4.00. The number of aromatic nitrogens is 4. The highest BCUT2D eigenvalue weighted by Gasteiger charge is 2.50. The number of hydrogen-bond donors (Lipinski definition) is 4. The molecule has 1 aliphatic rings. The molecule has 9 heteroatoms. The van der Waals surface area contributed by atoms with Crippen LogP contribution in [0.4, 0.5) is 5.95 Å². The zero-order valence-electron chi connectivity index (χ0n) is 11.6. The van der Waals surface area contributed by atoms with Crippen molar-refractivity contribution in [3.05, 3.63) is 16.7 Å². The van der Waals surface area contributed by atoms with E-state index in [4.69, 9.17) is 10.5 Å². The van der Waals surface area contributed by atoms with Gasteiger partial charge in [-0.25, -0.2) is 4.98 Å². The number of aromatic amines is 1. The highest BCUT2D eigenvalue weighted by atomic mass is 16.6. The van der Waals surface area contributed by atoms with Crippen LogP contribution in [0.1, 0.15) is 20.1 Å². The smallest absolute Gasteiger partial charge is 0.280 e. The average molecular weight is 295 g/mol. The number of ether oxygens (including phenoxy) is 1. The molecule has 9 nitrogen and oxygen atoms in total. The highest BCUT2D eigenvalue weighted by Crippen LogP contribution is 2.41. The summed E-state index contributed by atoms with van der Waals surface area (Å²) in [6.07, 6.45) is -0.0382. The first kappa shape index (κ1) is 14.0.